The van der Waals surface area contributed by atoms with Gasteiger partial charge in [-0.2, -0.15) is 0 Å². The predicted octanol–water partition coefficient (Wildman–Crippen LogP) is 3.57. The maximum absolute atomic E-state index is 14.3. The van der Waals surface area contributed by atoms with E-state index in [4.69, 9.17) is 9.47 Å². The summed E-state index contributed by atoms with van der Waals surface area (Å²) in [5.74, 6) is -0.551. The molecule has 0 radical (unpaired) electrons. The van der Waals surface area contributed by atoms with E-state index in [0.29, 0.717) is 5.75 Å². The molecule has 0 aliphatic heterocycles. The van der Waals surface area contributed by atoms with Crippen LogP contribution in [-0.2, 0) is 16.6 Å². The lowest BCUT2D eigenvalue weighted by molar-refractivity contribution is 0.0950. The molecular weight excluding hydrogens is 423 g/mol. The summed E-state index contributed by atoms with van der Waals surface area (Å²) in [7, 11) is -1.36. The number of halogens is 1. The number of anilines is 1. The highest BCUT2D eigenvalue weighted by Crippen LogP contribution is 2.27. The minimum absolute atomic E-state index is 0.00955. The van der Waals surface area contributed by atoms with Gasteiger partial charge >= 0.3 is 0 Å². The molecule has 9 heteroatoms. The number of methoxy groups -OCH3 is 2. The molecule has 0 fully saturated rings. The van der Waals surface area contributed by atoms with Crippen molar-refractivity contribution in [3.63, 3.8) is 0 Å². The Balaban J connectivity index is 1.79. The van der Waals surface area contributed by atoms with E-state index in [1.807, 2.05) is 0 Å². The van der Waals surface area contributed by atoms with Crippen molar-refractivity contribution in [2.45, 2.75) is 11.4 Å². The molecule has 0 aromatic heterocycles. The van der Waals surface area contributed by atoms with E-state index in [1.165, 1.54) is 19.2 Å². The van der Waals surface area contributed by atoms with Crippen LogP contribution in [0, 0.1) is 5.82 Å². The van der Waals surface area contributed by atoms with Gasteiger partial charge in [-0.15, -0.1) is 0 Å². The number of para-hydroxylation sites is 2. The number of rotatable bonds is 8. The molecule has 2 N–H and O–H groups in total. The highest BCUT2D eigenvalue weighted by Gasteiger charge is 2.22. The number of amides is 1. The molecule has 0 spiro atoms. The Labute approximate surface area is 179 Å². The Morgan fingerprint density at radius 3 is 2.35 bits per heavy atom. The molecule has 0 saturated heterocycles. The van der Waals surface area contributed by atoms with E-state index in [0.717, 1.165) is 17.7 Å². The molecule has 0 heterocycles. The Morgan fingerprint density at radius 1 is 0.968 bits per heavy atom. The number of ether oxygens (including phenoxy) is 2. The van der Waals surface area contributed by atoms with Crippen molar-refractivity contribution in [1.29, 1.82) is 0 Å². The number of nitrogens with one attached hydrogen (secondary N) is 2. The second-order valence-corrected chi connectivity index (χ2v) is 8.13. The summed E-state index contributed by atoms with van der Waals surface area (Å²) in [5, 5.41) is 2.68. The molecule has 3 aromatic rings. The van der Waals surface area contributed by atoms with Crippen LogP contribution in [0.25, 0.3) is 0 Å². The van der Waals surface area contributed by atoms with Crippen LogP contribution in [0.2, 0.25) is 0 Å². The third-order valence-electron chi connectivity index (χ3n) is 4.45. The molecule has 31 heavy (non-hydrogen) atoms. The van der Waals surface area contributed by atoms with Crippen LogP contribution in [0.1, 0.15) is 15.9 Å². The van der Waals surface area contributed by atoms with Crippen molar-refractivity contribution >= 4 is 21.6 Å². The predicted molar refractivity (Wildman–Crippen MR) is 114 cm³/mol. The van der Waals surface area contributed by atoms with Crippen molar-refractivity contribution in [2.24, 2.45) is 0 Å². The van der Waals surface area contributed by atoms with Crippen molar-refractivity contribution in [3.8, 4) is 11.5 Å². The zero-order valence-corrected chi connectivity index (χ0v) is 17.7. The SMILES string of the molecule is COc1ccc(CNC(=O)c2ccc(F)c(S(=O)(=O)Nc3ccccc3OC)c2)cc1. The zero-order valence-electron chi connectivity index (χ0n) is 16.9. The van der Waals surface area contributed by atoms with Crippen molar-refractivity contribution in [2.75, 3.05) is 18.9 Å². The molecule has 0 bridgehead atoms. The smallest absolute Gasteiger partial charge is 0.264 e. The summed E-state index contributed by atoms with van der Waals surface area (Å²) in [6, 6.07) is 16.6. The van der Waals surface area contributed by atoms with Crippen LogP contribution >= 0.6 is 0 Å². The number of benzene rings is 3. The summed E-state index contributed by atoms with van der Waals surface area (Å²) in [4.78, 5) is 11.9. The lowest BCUT2D eigenvalue weighted by Crippen LogP contribution is -2.23. The Kier molecular flexibility index (Phi) is 6.76. The molecule has 0 aliphatic rings. The molecule has 0 saturated carbocycles. The van der Waals surface area contributed by atoms with Gasteiger partial charge in [0.2, 0.25) is 0 Å². The van der Waals surface area contributed by atoms with E-state index in [2.05, 4.69) is 10.0 Å². The van der Waals surface area contributed by atoms with Gasteiger partial charge in [0, 0.05) is 12.1 Å². The first-order valence-electron chi connectivity index (χ1n) is 9.20. The maximum atomic E-state index is 14.3. The van der Waals surface area contributed by atoms with Crippen LogP contribution in [-0.4, -0.2) is 28.5 Å². The second-order valence-electron chi connectivity index (χ2n) is 6.48. The fraction of sp³-hybridized carbons (Fsp3) is 0.136. The summed E-state index contributed by atoms with van der Waals surface area (Å²) < 4.78 is 52.3. The fourth-order valence-corrected chi connectivity index (χ4v) is 3.98. The lowest BCUT2D eigenvalue weighted by Gasteiger charge is -2.13. The molecule has 162 valence electrons. The van der Waals surface area contributed by atoms with Gasteiger partial charge < -0.3 is 14.8 Å². The number of carbonyl (C=O) groups is 1. The third-order valence-corrected chi connectivity index (χ3v) is 5.83. The topological polar surface area (TPSA) is 93.7 Å². The average Bonchev–Trinajstić information content (AvgIpc) is 2.78. The van der Waals surface area contributed by atoms with Gasteiger partial charge in [-0.1, -0.05) is 24.3 Å². The summed E-state index contributed by atoms with van der Waals surface area (Å²) in [5.41, 5.74) is 0.982. The summed E-state index contributed by atoms with van der Waals surface area (Å²) in [6.07, 6.45) is 0. The first kappa shape index (κ1) is 22.1. The molecular formula is C22H21FN2O5S. The van der Waals surface area contributed by atoms with Crippen LogP contribution in [0.5, 0.6) is 11.5 Å². The van der Waals surface area contributed by atoms with Gasteiger partial charge in [0.05, 0.1) is 19.9 Å². The fourth-order valence-electron chi connectivity index (χ4n) is 2.81. The van der Waals surface area contributed by atoms with Crippen molar-refractivity contribution < 1.29 is 27.1 Å². The Bertz CT molecular complexity index is 1180. The average molecular weight is 444 g/mol. The van der Waals surface area contributed by atoms with Crippen molar-refractivity contribution in [1.82, 2.24) is 5.32 Å². The van der Waals surface area contributed by atoms with E-state index in [9.17, 15) is 17.6 Å². The van der Waals surface area contributed by atoms with Crippen LogP contribution < -0.4 is 19.5 Å². The first-order chi connectivity index (χ1) is 14.8. The standard InChI is InChI=1S/C22H21FN2O5S/c1-29-17-10-7-15(8-11-17)14-24-22(26)16-9-12-18(23)21(13-16)31(27,28)25-19-5-3-4-6-20(19)30-2/h3-13,25H,14H2,1-2H3,(H,24,26). The molecule has 7 nitrogen and oxygen atoms in total. The molecule has 3 rings (SSSR count). The van der Waals surface area contributed by atoms with Gasteiger partial charge in [0.15, 0.2) is 0 Å². The minimum atomic E-state index is -4.31. The van der Waals surface area contributed by atoms with Crippen LogP contribution in [0.4, 0.5) is 10.1 Å². The zero-order chi connectivity index (χ0) is 22.4. The van der Waals surface area contributed by atoms with Gasteiger partial charge in [0.1, 0.15) is 22.2 Å². The highest BCUT2D eigenvalue weighted by atomic mass is 32.2. The molecule has 0 aliphatic carbocycles. The Morgan fingerprint density at radius 2 is 1.68 bits per heavy atom. The van der Waals surface area contributed by atoms with E-state index >= 15 is 0 Å². The highest BCUT2D eigenvalue weighted by molar-refractivity contribution is 7.92. The van der Waals surface area contributed by atoms with Crippen LogP contribution in [0.3, 0.4) is 0 Å². The van der Waals surface area contributed by atoms with Gasteiger partial charge in [-0.3, -0.25) is 9.52 Å². The quantitative estimate of drug-likeness (QED) is 0.554. The van der Waals surface area contributed by atoms with Crippen LogP contribution in [0.15, 0.2) is 71.6 Å². The molecule has 1 amide bonds. The molecule has 0 unspecified atom stereocenters. The molecule has 3 aromatic carbocycles. The van der Waals surface area contributed by atoms with Gasteiger partial charge in [-0.25, -0.2) is 12.8 Å². The molecule has 0 atom stereocenters. The number of sulfonamides is 1. The number of carbonyl (C=O) groups excluding carboxylic acids is 1. The van der Waals surface area contributed by atoms with Gasteiger partial charge in [-0.05, 0) is 48.0 Å². The minimum Gasteiger partial charge on any atom is -0.497 e. The maximum Gasteiger partial charge on any atom is 0.264 e. The van der Waals surface area contributed by atoms with Crippen molar-refractivity contribution in [3.05, 3.63) is 83.7 Å². The second kappa shape index (κ2) is 9.48. The van der Waals surface area contributed by atoms with E-state index < -0.39 is 26.6 Å². The lowest BCUT2D eigenvalue weighted by atomic mass is 10.2. The number of hydrogen-bond acceptors (Lipinski definition) is 5. The monoisotopic (exact) mass is 444 g/mol. The van der Waals surface area contributed by atoms with E-state index in [-0.39, 0.29) is 23.5 Å². The van der Waals surface area contributed by atoms with E-state index in [1.54, 1.807) is 49.6 Å². The third kappa shape index (κ3) is 5.32. The largest absolute Gasteiger partial charge is 0.497 e. The summed E-state index contributed by atoms with van der Waals surface area (Å²) in [6.45, 7) is 0.210. The first-order valence-corrected chi connectivity index (χ1v) is 10.7. The Hall–Kier alpha value is -3.59. The normalized spacial score (nSPS) is 10.9. The van der Waals surface area contributed by atoms with Gasteiger partial charge in [0.25, 0.3) is 15.9 Å². The summed E-state index contributed by atoms with van der Waals surface area (Å²) >= 11 is 0. The number of hydrogen-bond donors (Lipinski definition) is 2.